The van der Waals surface area contributed by atoms with Crippen LogP contribution in [-0.4, -0.2) is 34.7 Å². The van der Waals surface area contributed by atoms with Gasteiger partial charge in [0.05, 0.1) is 18.8 Å². The summed E-state index contributed by atoms with van der Waals surface area (Å²) in [5.41, 5.74) is 2.23. The molecule has 0 unspecified atom stereocenters. The predicted molar refractivity (Wildman–Crippen MR) is 82.1 cm³/mol. The Hall–Kier alpha value is -1.81. The van der Waals surface area contributed by atoms with Crippen LogP contribution in [0.2, 0.25) is 0 Å². The average molecular weight is 289 g/mol. The molecule has 1 aliphatic heterocycles. The third-order valence-corrected chi connectivity index (χ3v) is 3.97. The number of fused-ring (bicyclic) bond motifs is 1. The molecule has 1 heterocycles. The Labute approximate surface area is 126 Å². The van der Waals surface area contributed by atoms with Crippen LogP contribution >= 0.6 is 0 Å². The number of aliphatic hydroxyl groups is 1. The molecule has 0 aromatic heterocycles. The van der Waals surface area contributed by atoms with Gasteiger partial charge in [-0.05, 0) is 50.0 Å². The number of aryl methyl sites for hydroxylation is 1. The van der Waals surface area contributed by atoms with Gasteiger partial charge in [-0.2, -0.15) is 0 Å². The summed E-state index contributed by atoms with van der Waals surface area (Å²) in [4.78, 5) is 13.7. The number of amides is 1. The van der Waals surface area contributed by atoms with E-state index in [0.717, 1.165) is 30.8 Å². The van der Waals surface area contributed by atoms with Crippen molar-refractivity contribution in [2.45, 2.75) is 45.4 Å². The highest BCUT2D eigenvalue weighted by Crippen LogP contribution is 2.26. The molecule has 0 radical (unpaired) electrons. The maximum atomic E-state index is 12.0. The first-order valence-corrected chi connectivity index (χ1v) is 7.38. The van der Waals surface area contributed by atoms with Crippen LogP contribution in [0.3, 0.4) is 0 Å². The Morgan fingerprint density at radius 2 is 2.29 bits per heavy atom. The summed E-state index contributed by atoms with van der Waals surface area (Å²) in [6, 6.07) is 5.77. The number of hydrogen-bond acceptors (Lipinski definition) is 3. The summed E-state index contributed by atoms with van der Waals surface area (Å²) < 4.78 is 5.60. The van der Waals surface area contributed by atoms with E-state index in [4.69, 9.17) is 4.74 Å². The molecule has 1 aliphatic rings. The molecule has 1 N–H and O–H groups in total. The molecule has 114 valence electrons. The largest absolute Gasteiger partial charge is 0.493 e. The Balaban J connectivity index is 2.20. The van der Waals surface area contributed by atoms with Gasteiger partial charge >= 0.3 is 0 Å². The molecule has 0 bridgehead atoms. The summed E-state index contributed by atoms with van der Waals surface area (Å²) in [6.45, 7) is 8.31. The summed E-state index contributed by atoms with van der Waals surface area (Å²) in [5, 5.41) is 9.76. The van der Waals surface area contributed by atoms with Crippen LogP contribution in [0.4, 0.5) is 0 Å². The molecule has 0 fully saturated rings. The minimum atomic E-state index is -0.588. The molecule has 0 saturated heterocycles. The molecule has 0 aliphatic carbocycles. The van der Waals surface area contributed by atoms with E-state index in [0.29, 0.717) is 6.54 Å². The van der Waals surface area contributed by atoms with Crippen LogP contribution in [-0.2, 0) is 17.8 Å². The summed E-state index contributed by atoms with van der Waals surface area (Å²) >= 11 is 0. The summed E-state index contributed by atoms with van der Waals surface area (Å²) in [6.07, 6.45) is 2.73. The SMILES string of the molecule is C=CC(=O)N(Cc1ccc2c(c1)CCCO2)[C@@H](C)[C@H](C)O. The highest BCUT2D eigenvalue weighted by atomic mass is 16.5. The van der Waals surface area contributed by atoms with Crippen molar-refractivity contribution in [3.63, 3.8) is 0 Å². The second-order valence-corrected chi connectivity index (χ2v) is 5.55. The normalized spacial score (nSPS) is 16.3. The lowest BCUT2D eigenvalue weighted by molar-refractivity contribution is -0.130. The second kappa shape index (κ2) is 6.76. The molecule has 1 aromatic carbocycles. The Morgan fingerprint density at radius 3 is 2.95 bits per heavy atom. The molecule has 2 rings (SSSR count). The van der Waals surface area contributed by atoms with Gasteiger partial charge in [0.25, 0.3) is 0 Å². The lowest BCUT2D eigenvalue weighted by Crippen LogP contribution is -2.43. The fourth-order valence-corrected chi connectivity index (χ4v) is 2.51. The third kappa shape index (κ3) is 3.64. The highest BCUT2D eigenvalue weighted by molar-refractivity contribution is 5.87. The minimum Gasteiger partial charge on any atom is -0.493 e. The molecule has 1 aromatic rings. The molecule has 2 atom stereocenters. The standard InChI is InChI=1S/C17H23NO3/c1-4-17(20)18(12(2)13(3)19)11-14-7-8-16-15(10-14)6-5-9-21-16/h4,7-8,10,12-13,19H,1,5-6,9,11H2,2-3H3/t12-,13-/m0/s1. The monoisotopic (exact) mass is 289 g/mol. The van der Waals surface area contributed by atoms with Gasteiger partial charge in [0.1, 0.15) is 5.75 Å². The van der Waals surface area contributed by atoms with E-state index in [1.54, 1.807) is 11.8 Å². The van der Waals surface area contributed by atoms with Crippen LogP contribution in [0.1, 0.15) is 31.4 Å². The molecule has 21 heavy (non-hydrogen) atoms. The van der Waals surface area contributed by atoms with Crippen molar-refractivity contribution in [2.24, 2.45) is 0 Å². The first-order valence-electron chi connectivity index (χ1n) is 7.38. The van der Waals surface area contributed by atoms with E-state index in [9.17, 15) is 9.90 Å². The maximum absolute atomic E-state index is 12.0. The van der Waals surface area contributed by atoms with Gasteiger partial charge in [0.2, 0.25) is 5.91 Å². The fourth-order valence-electron chi connectivity index (χ4n) is 2.51. The minimum absolute atomic E-state index is 0.169. The first-order chi connectivity index (χ1) is 10.0. The summed E-state index contributed by atoms with van der Waals surface area (Å²) in [5.74, 6) is 0.771. The number of ether oxygens (including phenoxy) is 1. The molecular weight excluding hydrogens is 266 g/mol. The number of nitrogens with zero attached hydrogens (tertiary/aromatic N) is 1. The molecule has 0 saturated carbocycles. The number of benzene rings is 1. The Bertz CT molecular complexity index is 525. The average Bonchev–Trinajstić information content (AvgIpc) is 2.51. The van der Waals surface area contributed by atoms with Crippen LogP contribution in [0.25, 0.3) is 0 Å². The number of carbonyl (C=O) groups is 1. The first kappa shape index (κ1) is 15.6. The predicted octanol–water partition coefficient (Wildman–Crippen LogP) is 2.30. The molecule has 1 amide bonds. The van der Waals surface area contributed by atoms with E-state index < -0.39 is 6.10 Å². The Kier molecular flexibility index (Phi) is 5.02. The van der Waals surface area contributed by atoms with Crippen LogP contribution in [0.5, 0.6) is 5.75 Å². The zero-order chi connectivity index (χ0) is 15.4. The van der Waals surface area contributed by atoms with Crippen molar-refractivity contribution in [1.29, 1.82) is 0 Å². The number of rotatable bonds is 5. The fraction of sp³-hybridized carbons (Fsp3) is 0.471. The van der Waals surface area contributed by atoms with E-state index in [-0.39, 0.29) is 11.9 Å². The zero-order valence-electron chi connectivity index (χ0n) is 12.7. The van der Waals surface area contributed by atoms with Gasteiger partial charge in [-0.15, -0.1) is 0 Å². The van der Waals surface area contributed by atoms with Crippen molar-refractivity contribution in [1.82, 2.24) is 4.90 Å². The van der Waals surface area contributed by atoms with Gasteiger partial charge < -0.3 is 14.7 Å². The molecule has 4 heteroatoms. The van der Waals surface area contributed by atoms with Gasteiger partial charge in [-0.25, -0.2) is 0 Å². The number of hydrogen-bond donors (Lipinski definition) is 1. The van der Waals surface area contributed by atoms with E-state index in [2.05, 4.69) is 12.6 Å². The van der Waals surface area contributed by atoms with Crippen molar-refractivity contribution < 1.29 is 14.6 Å². The van der Waals surface area contributed by atoms with Crippen LogP contribution in [0, 0.1) is 0 Å². The van der Waals surface area contributed by atoms with Gasteiger partial charge in [0.15, 0.2) is 0 Å². The van der Waals surface area contributed by atoms with Crippen LogP contribution < -0.4 is 4.74 Å². The molecular formula is C17H23NO3. The highest BCUT2D eigenvalue weighted by Gasteiger charge is 2.22. The van der Waals surface area contributed by atoms with Gasteiger partial charge in [0, 0.05) is 6.54 Å². The number of carbonyl (C=O) groups excluding carboxylic acids is 1. The smallest absolute Gasteiger partial charge is 0.246 e. The number of aliphatic hydroxyl groups excluding tert-OH is 1. The quantitative estimate of drug-likeness (QED) is 0.846. The van der Waals surface area contributed by atoms with Crippen molar-refractivity contribution >= 4 is 5.91 Å². The van der Waals surface area contributed by atoms with Crippen LogP contribution in [0.15, 0.2) is 30.9 Å². The third-order valence-electron chi connectivity index (χ3n) is 3.97. The van der Waals surface area contributed by atoms with Crippen molar-refractivity contribution in [2.75, 3.05) is 6.61 Å². The van der Waals surface area contributed by atoms with E-state index in [1.807, 2.05) is 19.1 Å². The van der Waals surface area contributed by atoms with Gasteiger partial charge in [-0.3, -0.25) is 4.79 Å². The van der Waals surface area contributed by atoms with Gasteiger partial charge in [-0.1, -0.05) is 18.7 Å². The molecule has 4 nitrogen and oxygen atoms in total. The van der Waals surface area contributed by atoms with Crippen molar-refractivity contribution in [3.8, 4) is 5.75 Å². The molecule has 0 spiro atoms. The van der Waals surface area contributed by atoms with Crippen molar-refractivity contribution in [3.05, 3.63) is 42.0 Å². The maximum Gasteiger partial charge on any atom is 0.246 e. The summed E-state index contributed by atoms with van der Waals surface area (Å²) in [7, 11) is 0. The lowest BCUT2D eigenvalue weighted by atomic mass is 10.0. The topological polar surface area (TPSA) is 49.8 Å². The second-order valence-electron chi connectivity index (χ2n) is 5.55. The Morgan fingerprint density at radius 1 is 1.52 bits per heavy atom. The lowest BCUT2D eigenvalue weighted by Gasteiger charge is -2.30. The van der Waals surface area contributed by atoms with E-state index in [1.165, 1.54) is 11.6 Å². The van der Waals surface area contributed by atoms with E-state index >= 15 is 0 Å². The zero-order valence-corrected chi connectivity index (χ0v) is 12.7.